The van der Waals surface area contributed by atoms with Gasteiger partial charge in [-0.25, -0.2) is 0 Å². The van der Waals surface area contributed by atoms with Crippen molar-refractivity contribution in [3.8, 4) is 0 Å². The first kappa shape index (κ1) is 8.39. The topological polar surface area (TPSA) is 52.6 Å². The quantitative estimate of drug-likeness (QED) is 0.506. The summed E-state index contributed by atoms with van der Waals surface area (Å²) in [4.78, 5) is 10.2. The van der Waals surface area contributed by atoms with Crippen molar-refractivity contribution < 1.29 is 10.0 Å². The molecule has 4 heteroatoms. The van der Waals surface area contributed by atoms with Crippen molar-refractivity contribution in [3.63, 3.8) is 0 Å². The lowest BCUT2D eigenvalue weighted by Crippen LogP contribution is -2.29. The summed E-state index contributed by atoms with van der Waals surface area (Å²) in [5.74, 6) is -0.0724. The van der Waals surface area contributed by atoms with Crippen molar-refractivity contribution in [2.45, 2.75) is 6.92 Å². The van der Waals surface area contributed by atoms with Crippen molar-refractivity contribution >= 4 is 5.91 Å². The van der Waals surface area contributed by atoms with Gasteiger partial charge >= 0.3 is 0 Å². The van der Waals surface area contributed by atoms with Gasteiger partial charge in [-0.2, -0.15) is 5.06 Å². The molecule has 1 amide bonds. The van der Waals surface area contributed by atoms with E-state index in [9.17, 15) is 4.79 Å². The van der Waals surface area contributed by atoms with Crippen LogP contribution < -0.4 is 5.32 Å². The lowest BCUT2D eigenvalue weighted by molar-refractivity contribution is -0.119. The third-order valence-corrected chi connectivity index (χ3v) is 0.809. The smallest absolute Gasteiger partial charge is 0.216 e. The van der Waals surface area contributed by atoms with Crippen LogP contribution in [0, 0.1) is 0 Å². The average molecular weight is 132 g/mol. The molecule has 0 fully saturated rings. The molecule has 0 aromatic heterocycles. The second-order valence-corrected chi connectivity index (χ2v) is 1.86. The van der Waals surface area contributed by atoms with Gasteiger partial charge < -0.3 is 10.5 Å². The minimum Gasteiger partial charge on any atom is -0.355 e. The Morgan fingerprint density at radius 2 is 2.33 bits per heavy atom. The summed E-state index contributed by atoms with van der Waals surface area (Å²) < 4.78 is 0. The molecule has 0 unspecified atom stereocenters. The molecule has 0 aromatic rings. The Kier molecular flexibility index (Phi) is 4.00. The van der Waals surface area contributed by atoms with Crippen LogP contribution in [0.2, 0.25) is 0 Å². The highest BCUT2D eigenvalue weighted by Crippen LogP contribution is 1.69. The monoisotopic (exact) mass is 132 g/mol. The summed E-state index contributed by atoms with van der Waals surface area (Å²) in [5, 5.41) is 12.1. The Bertz CT molecular complexity index is 93.0. The van der Waals surface area contributed by atoms with Gasteiger partial charge in [0.2, 0.25) is 5.91 Å². The fourth-order valence-corrected chi connectivity index (χ4v) is 0.394. The highest BCUT2D eigenvalue weighted by Gasteiger charge is 1.91. The van der Waals surface area contributed by atoms with Gasteiger partial charge in [-0.15, -0.1) is 0 Å². The molecule has 0 aliphatic heterocycles. The van der Waals surface area contributed by atoms with E-state index in [1.165, 1.54) is 14.0 Å². The van der Waals surface area contributed by atoms with Crippen molar-refractivity contribution in [2.75, 3.05) is 20.1 Å². The maximum Gasteiger partial charge on any atom is 0.216 e. The number of nitrogens with one attached hydrogen (secondary N) is 1. The molecule has 0 bridgehead atoms. The van der Waals surface area contributed by atoms with E-state index in [1.54, 1.807) is 0 Å². The van der Waals surface area contributed by atoms with E-state index in [1.807, 2.05) is 0 Å². The molecular weight excluding hydrogens is 120 g/mol. The van der Waals surface area contributed by atoms with Crippen LogP contribution in [0.1, 0.15) is 6.92 Å². The normalized spacial score (nSPS) is 9.78. The van der Waals surface area contributed by atoms with E-state index in [0.717, 1.165) is 5.06 Å². The first-order valence-corrected chi connectivity index (χ1v) is 2.77. The van der Waals surface area contributed by atoms with Crippen LogP contribution in [-0.2, 0) is 4.79 Å². The molecule has 54 valence electrons. The fraction of sp³-hybridized carbons (Fsp3) is 0.800. The predicted octanol–water partition coefficient (Wildman–Crippen LogP) is -0.556. The number of amides is 1. The lowest BCUT2D eigenvalue weighted by Gasteiger charge is -2.06. The summed E-state index contributed by atoms with van der Waals surface area (Å²) in [6.45, 7) is 2.39. The molecule has 0 aliphatic carbocycles. The zero-order valence-electron chi connectivity index (χ0n) is 5.72. The first-order valence-electron chi connectivity index (χ1n) is 2.77. The number of carbonyl (C=O) groups excluding carboxylic acids is 1. The molecule has 0 radical (unpaired) electrons. The summed E-state index contributed by atoms with van der Waals surface area (Å²) >= 11 is 0. The van der Waals surface area contributed by atoms with E-state index in [2.05, 4.69) is 5.32 Å². The molecule has 0 spiro atoms. The molecule has 0 aliphatic rings. The number of likely N-dealkylation sites (N-methyl/N-ethyl adjacent to an activating group) is 1. The third-order valence-electron chi connectivity index (χ3n) is 0.809. The minimum atomic E-state index is -0.0724. The van der Waals surface area contributed by atoms with Gasteiger partial charge in [-0.3, -0.25) is 4.79 Å². The van der Waals surface area contributed by atoms with E-state index in [-0.39, 0.29) is 5.91 Å². The molecule has 2 N–H and O–H groups in total. The first-order chi connectivity index (χ1) is 4.13. The summed E-state index contributed by atoms with van der Waals surface area (Å²) in [7, 11) is 1.53. The molecule has 0 heterocycles. The number of rotatable bonds is 3. The SMILES string of the molecule is CC(=O)NCCN(C)O. The van der Waals surface area contributed by atoms with Crippen LogP contribution in [0.25, 0.3) is 0 Å². The Balaban J connectivity index is 3.01. The maximum absolute atomic E-state index is 10.2. The molecule has 0 rings (SSSR count). The Morgan fingerprint density at radius 3 is 2.67 bits per heavy atom. The summed E-state index contributed by atoms with van der Waals surface area (Å²) in [6.07, 6.45) is 0. The molecule has 9 heavy (non-hydrogen) atoms. The number of hydrogen-bond acceptors (Lipinski definition) is 3. The Hall–Kier alpha value is -0.610. The van der Waals surface area contributed by atoms with Crippen molar-refractivity contribution in [2.24, 2.45) is 0 Å². The predicted molar refractivity (Wildman–Crippen MR) is 33.1 cm³/mol. The van der Waals surface area contributed by atoms with Gasteiger partial charge in [0, 0.05) is 27.1 Å². The Labute approximate surface area is 54.4 Å². The van der Waals surface area contributed by atoms with Crippen molar-refractivity contribution in [3.05, 3.63) is 0 Å². The van der Waals surface area contributed by atoms with Crippen LogP contribution in [0.5, 0.6) is 0 Å². The summed E-state index contributed by atoms with van der Waals surface area (Å²) in [6, 6.07) is 0. The zero-order valence-corrected chi connectivity index (χ0v) is 5.72. The van der Waals surface area contributed by atoms with Crippen LogP contribution in [0.4, 0.5) is 0 Å². The minimum absolute atomic E-state index is 0.0724. The van der Waals surface area contributed by atoms with Gasteiger partial charge in [0.05, 0.1) is 0 Å². The van der Waals surface area contributed by atoms with Gasteiger partial charge in [-0.05, 0) is 0 Å². The molecule has 0 atom stereocenters. The second-order valence-electron chi connectivity index (χ2n) is 1.86. The van der Waals surface area contributed by atoms with Crippen LogP contribution >= 0.6 is 0 Å². The van der Waals surface area contributed by atoms with Crippen LogP contribution in [0.3, 0.4) is 0 Å². The van der Waals surface area contributed by atoms with Crippen LogP contribution in [0.15, 0.2) is 0 Å². The zero-order chi connectivity index (χ0) is 7.28. The molecule has 0 saturated heterocycles. The van der Waals surface area contributed by atoms with Crippen molar-refractivity contribution in [1.29, 1.82) is 0 Å². The van der Waals surface area contributed by atoms with Crippen LogP contribution in [-0.4, -0.2) is 36.3 Å². The highest BCUT2D eigenvalue weighted by atomic mass is 16.5. The number of nitrogens with zero attached hydrogens (tertiary/aromatic N) is 1. The van der Waals surface area contributed by atoms with E-state index in [0.29, 0.717) is 13.1 Å². The highest BCUT2D eigenvalue weighted by molar-refractivity contribution is 5.72. The van der Waals surface area contributed by atoms with Gasteiger partial charge in [0.25, 0.3) is 0 Å². The van der Waals surface area contributed by atoms with E-state index < -0.39 is 0 Å². The van der Waals surface area contributed by atoms with Gasteiger partial charge in [0.1, 0.15) is 0 Å². The molecular formula is C5H12N2O2. The number of carbonyl (C=O) groups is 1. The molecule has 0 saturated carbocycles. The van der Waals surface area contributed by atoms with E-state index in [4.69, 9.17) is 5.21 Å². The molecule has 4 nitrogen and oxygen atoms in total. The lowest BCUT2D eigenvalue weighted by atomic mass is 10.6. The molecule has 0 aromatic carbocycles. The fourth-order valence-electron chi connectivity index (χ4n) is 0.394. The summed E-state index contributed by atoms with van der Waals surface area (Å²) in [5.41, 5.74) is 0. The van der Waals surface area contributed by atoms with Gasteiger partial charge in [-0.1, -0.05) is 0 Å². The largest absolute Gasteiger partial charge is 0.355 e. The standard InChI is InChI=1S/C5H12N2O2/c1-5(8)6-3-4-7(2)9/h9H,3-4H2,1-2H3,(H,6,8). The number of hydrogen-bond donors (Lipinski definition) is 2. The van der Waals surface area contributed by atoms with Crippen molar-refractivity contribution in [1.82, 2.24) is 10.4 Å². The maximum atomic E-state index is 10.2. The van der Waals surface area contributed by atoms with E-state index >= 15 is 0 Å². The average Bonchev–Trinajstić information content (AvgIpc) is 1.63. The number of hydroxylamine groups is 2. The second kappa shape index (κ2) is 4.29. The van der Waals surface area contributed by atoms with Gasteiger partial charge in [0.15, 0.2) is 0 Å². The Morgan fingerprint density at radius 1 is 1.78 bits per heavy atom. The third kappa shape index (κ3) is 7.39.